The van der Waals surface area contributed by atoms with Crippen molar-refractivity contribution in [1.29, 1.82) is 0 Å². The number of carbonyl (C=O) groups is 2. The maximum Gasteiger partial charge on any atom is 0.229 e. The number of amides is 2. The quantitative estimate of drug-likeness (QED) is 0.802. The average Bonchev–Trinajstić information content (AvgIpc) is 3.00. The summed E-state index contributed by atoms with van der Waals surface area (Å²) in [6, 6.07) is 6.89. The van der Waals surface area contributed by atoms with E-state index in [0.29, 0.717) is 31.8 Å². The number of rotatable bonds is 4. The minimum absolute atomic E-state index is 0.0699. The van der Waals surface area contributed by atoms with Crippen molar-refractivity contribution in [3.05, 3.63) is 35.6 Å². The first-order valence-corrected chi connectivity index (χ1v) is 7.87. The molecular weight excluding hydrogens is 283 g/mol. The Bertz CT molecular complexity index is 574. The molecule has 1 aromatic rings. The SMILES string of the molecule is CC1CC(c2cccc(F)c2)N(CCN2C(=O)CCC2=O)C1. The zero-order valence-corrected chi connectivity index (χ0v) is 12.8. The highest BCUT2D eigenvalue weighted by molar-refractivity contribution is 6.01. The van der Waals surface area contributed by atoms with Gasteiger partial charge in [-0.15, -0.1) is 0 Å². The van der Waals surface area contributed by atoms with Crippen LogP contribution in [0.2, 0.25) is 0 Å². The number of hydrogen-bond donors (Lipinski definition) is 0. The standard InChI is InChI=1S/C17H21FN2O2/c1-12-9-15(13-3-2-4-14(18)10-13)19(11-12)7-8-20-16(21)5-6-17(20)22/h2-4,10,12,15H,5-9,11H2,1H3. The van der Waals surface area contributed by atoms with Crippen LogP contribution in [0.25, 0.3) is 0 Å². The Kier molecular flexibility index (Phi) is 4.25. The van der Waals surface area contributed by atoms with Gasteiger partial charge in [0.1, 0.15) is 5.82 Å². The third kappa shape index (κ3) is 3.04. The van der Waals surface area contributed by atoms with Gasteiger partial charge in [-0.2, -0.15) is 0 Å². The van der Waals surface area contributed by atoms with Gasteiger partial charge < -0.3 is 0 Å². The van der Waals surface area contributed by atoms with Crippen LogP contribution in [0.3, 0.4) is 0 Å². The molecule has 0 saturated carbocycles. The van der Waals surface area contributed by atoms with Crippen molar-refractivity contribution in [1.82, 2.24) is 9.80 Å². The lowest BCUT2D eigenvalue weighted by atomic mass is 10.0. The summed E-state index contributed by atoms with van der Waals surface area (Å²) in [4.78, 5) is 27.0. The molecule has 2 saturated heterocycles. The smallest absolute Gasteiger partial charge is 0.229 e. The normalized spacial score (nSPS) is 26.2. The number of hydrogen-bond acceptors (Lipinski definition) is 3. The fourth-order valence-electron chi connectivity index (χ4n) is 3.54. The van der Waals surface area contributed by atoms with Crippen LogP contribution in [0, 0.1) is 11.7 Å². The van der Waals surface area contributed by atoms with Crippen molar-refractivity contribution >= 4 is 11.8 Å². The second kappa shape index (κ2) is 6.16. The van der Waals surface area contributed by atoms with Crippen LogP contribution in [-0.2, 0) is 9.59 Å². The zero-order valence-electron chi connectivity index (χ0n) is 12.8. The van der Waals surface area contributed by atoms with Crippen molar-refractivity contribution < 1.29 is 14.0 Å². The van der Waals surface area contributed by atoms with Crippen LogP contribution in [0.15, 0.2) is 24.3 Å². The molecule has 2 unspecified atom stereocenters. The molecule has 2 aliphatic heterocycles. The minimum Gasteiger partial charge on any atom is -0.294 e. The molecule has 0 radical (unpaired) electrons. The van der Waals surface area contributed by atoms with Crippen LogP contribution >= 0.6 is 0 Å². The van der Waals surface area contributed by atoms with Crippen LogP contribution in [0.1, 0.15) is 37.8 Å². The van der Waals surface area contributed by atoms with Gasteiger partial charge in [0.25, 0.3) is 0 Å². The topological polar surface area (TPSA) is 40.6 Å². The Morgan fingerprint density at radius 1 is 1.18 bits per heavy atom. The second-order valence-electron chi connectivity index (χ2n) is 6.35. The average molecular weight is 304 g/mol. The molecule has 0 bridgehead atoms. The largest absolute Gasteiger partial charge is 0.294 e. The molecule has 2 amide bonds. The first-order chi connectivity index (χ1) is 10.5. The van der Waals surface area contributed by atoms with Crippen molar-refractivity contribution in [3.63, 3.8) is 0 Å². The summed E-state index contributed by atoms with van der Waals surface area (Å²) in [5.74, 6) is 0.166. The molecule has 5 heteroatoms. The number of likely N-dealkylation sites (tertiary alicyclic amines) is 2. The van der Waals surface area contributed by atoms with Gasteiger partial charge in [-0.05, 0) is 30.0 Å². The van der Waals surface area contributed by atoms with Gasteiger partial charge in [0.05, 0.1) is 0 Å². The maximum atomic E-state index is 13.5. The van der Waals surface area contributed by atoms with Crippen LogP contribution in [-0.4, -0.2) is 41.2 Å². The lowest BCUT2D eigenvalue weighted by Crippen LogP contribution is -2.38. The zero-order chi connectivity index (χ0) is 15.7. The molecule has 3 rings (SSSR count). The fraction of sp³-hybridized carbons (Fsp3) is 0.529. The molecule has 1 aromatic carbocycles. The number of nitrogens with zero attached hydrogens (tertiary/aromatic N) is 2. The van der Waals surface area contributed by atoms with Crippen molar-refractivity contribution in [2.45, 2.75) is 32.2 Å². The lowest BCUT2D eigenvalue weighted by molar-refractivity contribution is -0.138. The van der Waals surface area contributed by atoms with E-state index in [0.717, 1.165) is 18.5 Å². The molecule has 0 spiro atoms. The lowest BCUT2D eigenvalue weighted by Gasteiger charge is -2.26. The van der Waals surface area contributed by atoms with Crippen molar-refractivity contribution in [3.8, 4) is 0 Å². The van der Waals surface area contributed by atoms with Crippen LogP contribution in [0.5, 0.6) is 0 Å². The van der Waals surface area contributed by atoms with Gasteiger partial charge >= 0.3 is 0 Å². The van der Waals surface area contributed by atoms with E-state index in [4.69, 9.17) is 0 Å². The predicted molar refractivity (Wildman–Crippen MR) is 80.4 cm³/mol. The molecule has 2 atom stereocenters. The van der Waals surface area contributed by atoms with Gasteiger partial charge in [0.15, 0.2) is 0 Å². The molecular formula is C17H21FN2O2. The molecule has 0 N–H and O–H groups in total. The third-order valence-electron chi connectivity index (χ3n) is 4.61. The van der Waals surface area contributed by atoms with Gasteiger partial charge in [-0.25, -0.2) is 4.39 Å². The summed E-state index contributed by atoms with van der Waals surface area (Å²) in [7, 11) is 0. The van der Waals surface area contributed by atoms with E-state index < -0.39 is 0 Å². The van der Waals surface area contributed by atoms with Crippen molar-refractivity contribution in [2.24, 2.45) is 5.92 Å². The van der Waals surface area contributed by atoms with Crippen LogP contribution < -0.4 is 0 Å². The Morgan fingerprint density at radius 3 is 2.59 bits per heavy atom. The molecule has 4 nitrogen and oxygen atoms in total. The van der Waals surface area contributed by atoms with E-state index in [-0.39, 0.29) is 23.7 Å². The van der Waals surface area contributed by atoms with E-state index >= 15 is 0 Å². The van der Waals surface area contributed by atoms with Gasteiger partial charge in [0.2, 0.25) is 11.8 Å². The second-order valence-corrected chi connectivity index (χ2v) is 6.35. The molecule has 2 heterocycles. The van der Waals surface area contributed by atoms with Gasteiger partial charge in [0, 0.05) is 38.5 Å². The first kappa shape index (κ1) is 15.2. The summed E-state index contributed by atoms with van der Waals surface area (Å²) >= 11 is 0. The van der Waals surface area contributed by atoms with Crippen molar-refractivity contribution in [2.75, 3.05) is 19.6 Å². The minimum atomic E-state index is -0.220. The van der Waals surface area contributed by atoms with E-state index in [1.54, 1.807) is 12.1 Å². The number of halogens is 1. The molecule has 2 fully saturated rings. The highest BCUT2D eigenvalue weighted by atomic mass is 19.1. The Labute approximate surface area is 129 Å². The maximum absolute atomic E-state index is 13.5. The van der Waals surface area contributed by atoms with E-state index in [2.05, 4.69) is 11.8 Å². The predicted octanol–water partition coefficient (Wildman–Crippen LogP) is 2.36. The molecule has 2 aliphatic rings. The van der Waals surface area contributed by atoms with Gasteiger partial charge in [-0.1, -0.05) is 19.1 Å². The molecule has 22 heavy (non-hydrogen) atoms. The van der Waals surface area contributed by atoms with E-state index in [1.807, 2.05) is 6.07 Å². The monoisotopic (exact) mass is 304 g/mol. The fourth-order valence-corrected chi connectivity index (χ4v) is 3.54. The molecule has 118 valence electrons. The Balaban J connectivity index is 1.69. The highest BCUT2D eigenvalue weighted by Gasteiger charge is 2.33. The number of carbonyl (C=O) groups excluding carboxylic acids is 2. The van der Waals surface area contributed by atoms with Crippen LogP contribution in [0.4, 0.5) is 4.39 Å². The summed E-state index contributed by atoms with van der Waals surface area (Å²) < 4.78 is 13.5. The van der Waals surface area contributed by atoms with E-state index in [1.165, 1.54) is 11.0 Å². The first-order valence-electron chi connectivity index (χ1n) is 7.87. The highest BCUT2D eigenvalue weighted by Crippen LogP contribution is 2.35. The van der Waals surface area contributed by atoms with Gasteiger partial charge in [-0.3, -0.25) is 19.4 Å². The molecule has 0 aromatic heterocycles. The van der Waals surface area contributed by atoms with E-state index in [9.17, 15) is 14.0 Å². The Hall–Kier alpha value is -1.75. The summed E-state index contributed by atoms with van der Waals surface area (Å²) in [5.41, 5.74) is 0.975. The third-order valence-corrected chi connectivity index (χ3v) is 4.61. The summed E-state index contributed by atoms with van der Waals surface area (Å²) in [5, 5.41) is 0. The summed E-state index contributed by atoms with van der Waals surface area (Å²) in [6.45, 7) is 4.19. The molecule has 0 aliphatic carbocycles. The Morgan fingerprint density at radius 2 is 1.91 bits per heavy atom. The number of benzene rings is 1. The number of imide groups is 1. The summed E-state index contributed by atoms with van der Waals surface area (Å²) in [6.07, 6.45) is 1.65.